The Hall–Kier alpha value is -2.29. The Morgan fingerprint density at radius 2 is 1.70 bits per heavy atom. The molecule has 122 valence electrons. The second-order valence-corrected chi connectivity index (χ2v) is 5.58. The lowest BCUT2D eigenvalue weighted by molar-refractivity contribution is 0.305. The Labute approximate surface area is 139 Å². The molecule has 0 heterocycles. The summed E-state index contributed by atoms with van der Waals surface area (Å²) in [5.74, 6) is 0.926. The van der Waals surface area contributed by atoms with Crippen molar-refractivity contribution >= 4 is 11.9 Å². The molecule has 2 rings (SSSR count). The normalized spacial score (nSPS) is 10.9. The Balaban J connectivity index is 1.81. The number of ether oxygens (including phenoxy) is 1. The van der Waals surface area contributed by atoms with Gasteiger partial charge in [0.1, 0.15) is 5.75 Å². The van der Waals surface area contributed by atoms with Crippen LogP contribution >= 0.6 is 0 Å². The van der Waals surface area contributed by atoms with Gasteiger partial charge in [-0.15, -0.1) is 0 Å². The molecule has 0 aliphatic carbocycles. The van der Waals surface area contributed by atoms with Crippen LogP contribution in [0.15, 0.2) is 59.7 Å². The van der Waals surface area contributed by atoms with Crippen molar-refractivity contribution in [1.29, 1.82) is 0 Å². The van der Waals surface area contributed by atoms with E-state index < -0.39 is 0 Å². The molecule has 0 bridgehead atoms. The summed E-state index contributed by atoms with van der Waals surface area (Å²) in [4.78, 5) is 0. The fourth-order valence-electron chi connectivity index (χ4n) is 2.23. The maximum atomic E-state index is 5.75. The highest BCUT2D eigenvalue weighted by Gasteiger charge is 1.97. The molecule has 0 atom stereocenters. The molecule has 0 unspecified atom stereocenters. The van der Waals surface area contributed by atoms with Crippen LogP contribution < -0.4 is 9.75 Å². The zero-order chi connectivity index (χ0) is 16.3. The maximum absolute atomic E-state index is 5.75. The summed E-state index contributed by atoms with van der Waals surface area (Å²) in [6.45, 7) is 3.01. The molecule has 0 aliphatic rings. The summed E-state index contributed by atoms with van der Waals surface area (Å²) in [6.07, 6.45) is 6.77. The molecule has 0 saturated carbocycles. The van der Waals surface area contributed by atoms with E-state index in [1.54, 1.807) is 0 Å². The second kappa shape index (κ2) is 9.67. The lowest BCUT2D eigenvalue weighted by atomic mass is 10.2. The molecule has 23 heavy (non-hydrogen) atoms. The van der Waals surface area contributed by atoms with Crippen LogP contribution in [0.4, 0.5) is 5.69 Å². The molecular weight excluding hydrogens is 284 g/mol. The molecule has 0 radical (unpaired) electrons. The third kappa shape index (κ3) is 6.15. The first-order valence-corrected chi connectivity index (χ1v) is 8.35. The van der Waals surface area contributed by atoms with Crippen molar-refractivity contribution in [3.05, 3.63) is 60.2 Å². The van der Waals surface area contributed by atoms with E-state index in [1.807, 2.05) is 72.9 Å². The summed E-state index contributed by atoms with van der Waals surface area (Å²) in [7, 11) is 1.94. The lowest BCUT2D eigenvalue weighted by Gasteiger charge is -2.12. The molecule has 0 amide bonds. The van der Waals surface area contributed by atoms with Crippen molar-refractivity contribution in [1.82, 2.24) is 0 Å². The van der Waals surface area contributed by atoms with Gasteiger partial charge in [-0.1, -0.05) is 44.4 Å². The summed E-state index contributed by atoms with van der Waals surface area (Å²) in [6, 6.07) is 18.2. The van der Waals surface area contributed by atoms with Gasteiger partial charge in [0.05, 0.1) is 18.5 Å². The topological polar surface area (TPSA) is 24.8 Å². The van der Waals surface area contributed by atoms with Crippen LogP contribution in [0.5, 0.6) is 5.75 Å². The van der Waals surface area contributed by atoms with Crippen molar-refractivity contribution in [3.8, 4) is 5.75 Å². The summed E-state index contributed by atoms with van der Waals surface area (Å²) < 4.78 is 5.75. The fourth-order valence-corrected chi connectivity index (χ4v) is 2.23. The minimum atomic E-state index is 0.796. The van der Waals surface area contributed by atoms with E-state index in [2.05, 4.69) is 12.0 Å². The number of hydrogen-bond donors (Lipinski definition) is 0. The molecule has 0 fully saturated rings. The van der Waals surface area contributed by atoms with Crippen LogP contribution in [0.3, 0.4) is 0 Å². The fraction of sp³-hybridized carbons (Fsp3) is 0.350. The van der Waals surface area contributed by atoms with E-state index in [0.29, 0.717) is 0 Å². The highest BCUT2D eigenvalue weighted by atomic mass is 16.5. The Kier molecular flexibility index (Phi) is 7.18. The van der Waals surface area contributed by atoms with Gasteiger partial charge in [-0.05, 0) is 48.4 Å². The molecule has 3 heteroatoms. The first kappa shape index (κ1) is 17.1. The molecule has 2 aromatic carbocycles. The summed E-state index contributed by atoms with van der Waals surface area (Å²) >= 11 is 0. The first-order chi connectivity index (χ1) is 11.3. The third-order valence-electron chi connectivity index (χ3n) is 3.66. The third-order valence-corrected chi connectivity index (χ3v) is 3.66. The Bertz CT molecular complexity index is 578. The number of hydrogen-bond acceptors (Lipinski definition) is 3. The molecule has 0 saturated heterocycles. The molecule has 0 spiro atoms. The van der Waals surface area contributed by atoms with Crippen LogP contribution in [0, 0.1) is 0 Å². The summed E-state index contributed by atoms with van der Waals surface area (Å²) in [5, 5.41) is 6.32. The predicted molar refractivity (Wildman–Crippen MR) is 98.5 cm³/mol. The van der Waals surface area contributed by atoms with Crippen molar-refractivity contribution in [2.45, 2.75) is 32.6 Å². The highest BCUT2D eigenvalue weighted by Crippen LogP contribution is 2.14. The maximum Gasteiger partial charge on any atom is 0.119 e. The SMILES string of the molecule is CCCCCCOc1ccc(C=NN(C)c2ccccc2)cc1. The van der Waals surface area contributed by atoms with Gasteiger partial charge in [0.15, 0.2) is 0 Å². The number of anilines is 1. The van der Waals surface area contributed by atoms with Crippen LogP contribution in [0.1, 0.15) is 38.2 Å². The van der Waals surface area contributed by atoms with Gasteiger partial charge in [-0.25, -0.2) is 0 Å². The van der Waals surface area contributed by atoms with Crippen molar-refractivity contribution in [2.75, 3.05) is 18.7 Å². The van der Waals surface area contributed by atoms with Crippen LogP contribution in [0.25, 0.3) is 0 Å². The average Bonchev–Trinajstić information content (AvgIpc) is 2.61. The number of rotatable bonds is 9. The van der Waals surface area contributed by atoms with Gasteiger partial charge in [0, 0.05) is 7.05 Å². The van der Waals surface area contributed by atoms with Gasteiger partial charge in [-0.3, -0.25) is 5.01 Å². The molecule has 3 nitrogen and oxygen atoms in total. The number of hydrazone groups is 1. The lowest BCUT2D eigenvalue weighted by Crippen LogP contribution is -2.08. The van der Waals surface area contributed by atoms with Crippen LogP contribution in [-0.2, 0) is 0 Å². The van der Waals surface area contributed by atoms with Gasteiger partial charge >= 0.3 is 0 Å². The zero-order valence-electron chi connectivity index (χ0n) is 14.1. The molecule has 0 aliphatic heterocycles. The first-order valence-electron chi connectivity index (χ1n) is 8.35. The summed E-state index contributed by atoms with van der Waals surface area (Å²) in [5.41, 5.74) is 2.13. The van der Waals surface area contributed by atoms with Gasteiger partial charge in [0.25, 0.3) is 0 Å². The van der Waals surface area contributed by atoms with Gasteiger partial charge < -0.3 is 4.74 Å². The predicted octanol–water partition coefficient (Wildman–Crippen LogP) is 5.12. The van der Waals surface area contributed by atoms with E-state index >= 15 is 0 Å². The minimum absolute atomic E-state index is 0.796. The smallest absolute Gasteiger partial charge is 0.119 e. The largest absolute Gasteiger partial charge is 0.494 e. The number of nitrogens with zero attached hydrogens (tertiary/aromatic N) is 2. The van der Waals surface area contributed by atoms with E-state index in [1.165, 1.54) is 19.3 Å². The Morgan fingerprint density at radius 1 is 0.957 bits per heavy atom. The second-order valence-electron chi connectivity index (χ2n) is 5.58. The number of unbranched alkanes of at least 4 members (excludes halogenated alkanes) is 3. The van der Waals surface area contributed by atoms with Crippen LogP contribution in [0.2, 0.25) is 0 Å². The van der Waals surface area contributed by atoms with Crippen LogP contribution in [-0.4, -0.2) is 19.9 Å². The van der Waals surface area contributed by atoms with Crippen molar-refractivity contribution < 1.29 is 4.74 Å². The van der Waals surface area contributed by atoms with Crippen molar-refractivity contribution in [3.63, 3.8) is 0 Å². The highest BCUT2D eigenvalue weighted by molar-refractivity contribution is 5.80. The monoisotopic (exact) mass is 310 g/mol. The average molecular weight is 310 g/mol. The van der Waals surface area contributed by atoms with E-state index in [9.17, 15) is 0 Å². The van der Waals surface area contributed by atoms with E-state index in [4.69, 9.17) is 4.74 Å². The quantitative estimate of drug-likeness (QED) is 0.365. The molecule has 0 N–H and O–H groups in total. The Morgan fingerprint density at radius 3 is 2.39 bits per heavy atom. The van der Waals surface area contributed by atoms with E-state index in [-0.39, 0.29) is 0 Å². The standard InChI is InChI=1S/C20H26N2O/c1-3-4-5-9-16-23-20-14-12-18(13-15-20)17-21-22(2)19-10-7-6-8-11-19/h6-8,10-15,17H,3-5,9,16H2,1-2H3. The van der Waals surface area contributed by atoms with E-state index in [0.717, 1.165) is 30.0 Å². The van der Waals surface area contributed by atoms with Crippen molar-refractivity contribution in [2.24, 2.45) is 5.10 Å². The van der Waals surface area contributed by atoms with Gasteiger partial charge in [0.2, 0.25) is 0 Å². The molecule has 0 aromatic heterocycles. The number of benzene rings is 2. The minimum Gasteiger partial charge on any atom is -0.494 e. The molecular formula is C20H26N2O. The number of para-hydroxylation sites is 1. The molecule has 2 aromatic rings. The zero-order valence-corrected chi connectivity index (χ0v) is 14.1. The van der Waals surface area contributed by atoms with Gasteiger partial charge in [-0.2, -0.15) is 5.10 Å².